The second kappa shape index (κ2) is 2.59. The maximum absolute atomic E-state index is 11.0. The molecule has 0 atom stereocenters. The fourth-order valence-electron chi connectivity index (χ4n) is 0.554. The van der Waals surface area contributed by atoms with E-state index in [1.54, 1.807) is 7.05 Å². The zero-order chi connectivity index (χ0) is 8.48. The van der Waals surface area contributed by atoms with Gasteiger partial charge in [-0.15, -0.1) is 5.10 Å². The molecule has 1 heterocycles. The van der Waals surface area contributed by atoms with Crippen LogP contribution in [0.1, 0.15) is 0 Å². The van der Waals surface area contributed by atoms with Crippen molar-refractivity contribution in [2.45, 2.75) is 5.03 Å². The standard InChI is InChI=1S/C4H8N4O2S/c1-5-11(9,10)4-3-8(2)7-6-4/h3,5H,1-2H3. The van der Waals surface area contributed by atoms with Crippen LogP contribution in [0.25, 0.3) is 0 Å². The van der Waals surface area contributed by atoms with Crippen molar-refractivity contribution in [1.29, 1.82) is 0 Å². The highest BCUT2D eigenvalue weighted by molar-refractivity contribution is 7.89. The van der Waals surface area contributed by atoms with Gasteiger partial charge >= 0.3 is 0 Å². The Morgan fingerprint density at radius 3 is 2.64 bits per heavy atom. The van der Waals surface area contributed by atoms with Gasteiger partial charge in [-0.25, -0.2) is 13.1 Å². The molecular weight excluding hydrogens is 168 g/mol. The minimum absolute atomic E-state index is 0.0671. The van der Waals surface area contributed by atoms with Gasteiger partial charge in [0.2, 0.25) is 5.03 Å². The predicted octanol–water partition coefficient (Wildman–Crippen LogP) is -1.28. The highest BCUT2D eigenvalue weighted by Crippen LogP contribution is 1.99. The lowest BCUT2D eigenvalue weighted by Crippen LogP contribution is -2.18. The van der Waals surface area contributed by atoms with Crippen LogP contribution in [-0.4, -0.2) is 30.5 Å². The van der Waals surface area contributed by atoms with Crippen molar-refractivity contribution in [3.63, 3.8) is 0 Å². The molecule has 6 nitrogen and oxygen atoms in total. The first-order valence-corrected chi connectivity index (χ1v) is 4.34. The number of aromatic nitrogens is 3. The zero-order valence-electron chi connectivity index (χ0n) is 6.14. The molecule has 0 saturated heterocycles. The smallest absolute Gasteiger partial charge is 0.254 e. The summed E-state index contributed by atoms with van der Waals surface area (Å²) in [7, 11) is -0.499. The summed E-state index contributed by atoms with van der Waals surface area (Å²) in [6.45, 7) is 0. The summed E-state index contributed by atoms with van der Waals surface area (Å²) in [5, 5.41) is 6.83. The maximum atomic E-state index is 11.0. The van der Waals surface area contributed by atoms with Gasteiger partial charge in [-0.1, -0.05) is 5.21 Å². The lowest BCUT2D eigenvalue weighted by atomic mass is 10.9. The summed E-state index contributed by atoms with van der Waals surface area (Å²) in [5.74, 6) is 0. The van der Waals surface area contributed by atoms with Crippen LogP contribution in [-0.2, 0) is 17.1 Å². The van der Waals surface area contributed by atoms with Crippen molar-refractivity contribution < 1.29 is 8.42 Å². The van der Waals surface area contributed by atoms with Crippen molar-refractivity contribution in [2.24, 2.45) is 7.05 Å². The summed E-state index contributed by atoms with van der Waals surface area (Å²) >= 11 is 0. The van der Waals surface area contributed by atoms with E-state index in [9.17, 15) is 8.42 Å². The highest BCUT2D eigenvalue weighted by atomic mass is 32.2. The van der Waals surface area contributed by atoms with Crippen molar-refractivity contribution in [3.05, 3.63) is 6.20 Å². The minimum atomic E-state index is -3.42. The lowest BCUT2D eigenvalue weighted by molar-refractivity contribution is 0.584. The van der Waals surface area contributed by atoms with E-state index in [4.69, 9.17) is 0 Å². The van der Waals surface area contributed by atoms with E-state index in [0.717, 1.165) is 0 Å². The lowest BCUT2D eigenvalue weighted by Gasteiger charge is -1.93. The van der Waals surface area contributed by atoms with Gasteiger partial charge in [0.15, 0.2) is 0 Å². The van der Waals surface area contributed by atoms with Crippen molar-refractivity contribution in [1.82, 2.24) is 19.7 Å². The predicted molar refractivity (Wildman–Crippen MR) is 37.2 cm³/mol. The molecular formula is C4H8N4O2S. The van der Waals surface area contributed by atoms with Gasteiger partial charge < -0.3 is 0 Å². The van der Waals surface area contributed by atoms with Gasteiger partial charge in [0, 0.05) is 7.05 Å². The first-order chi connectivity index (χ1) is 5.06. The van der Waals surface area contributed by atoms with Crippen molar-refractivity contribution in [3.8, 4) is 0 Å². The van der Waals surface area contributed by atoms with Gasteiger partial charge in [-0.3, -0.25) is 4.68 Å². The number of hydrogen-bond acceptors (Lipinski definition) is 4. The van der Waals surface area contributed by atoms with Gasteiger partial charge in [0.05, 0.1) is 6.20 Å². The van der Waals surface area contributed by atoms with Crippen molar-refractivity contribution in [2.75, 3.05) is 7.05 Å². The number of rotatable bonds is 2. The van der Waals surface area contributed by atoms with E-state index in [0.29, 0.717) is 0 Å². The monoisotopic (exact) mass is 176 g/mol. The van der Waals surface area contributed by atoms with Crippen molar-refractivity contribution >= 4 is 10.0 Å². The number of nitrogens with one attached hydrogen (secondary N) is 1. The largest absolute Gasteiger partial charge is 0.261 e. The van der Waals surface area contributed by atoms with Gasteiger partial charge in [-0.05, 0) is 7.05 Å². The topological polar surface area (TPSA) is 76.9 Å². The molecule has 0 aromatic carbocycles. The van der Waals surface area contributed by atoms with E-state index < -0.39 is 10.0 Å². The second-order valence-electron chi connectivity index (χ2n) is 1.94. The molecule has 7 heteroatoms. The molecule has 0 saturated carbocycles. The molecule has 0 radical (unpaired) electrons. The van der Waals surface area contributed by atoms with E-state index in [1.807, 2.05) is 0 Å². The summed E-state index contributed by atoms with van der Waals surface area (Å²) in [6, 6.07) is 0. The van der Waals surface area contributed by atoms with Crippen LogP contribution in [0.2, 0.25) is 0 Å². The van der Waals surface area contributed by atoms with E-state index in [1.165, 1.54) is 17.9 Å². The van der Waals surface area contributed by atoms with Crippen LogP contribution in [0.5, 0.6) is 0 Å². The molecule has 0 unspecified atom stereocenters. The summed E-state index contributed by atoms with van der Waals surface area (Å²) in [5.41, 5.74) is 0. The van der Waals surface area contributed by atoms with Crippen LogP contribution in [0.15, 0.2) is 11.2 Å². The number of sulfonamides is 1. The Morgan fingerprint density at radius 2 is 2.27 bits per heavy atom. The summed E-state index contributed by atoms with van der Waals surface area (Å²) < 4.78 is 25.4. The maximum Gasteiger partial charge on any atom is 0.261 e. The zero-order valence-corrected chi connectivity index (χ0v) is 6.96. The van der Waals surface area contributed by atoms with Crippen LogP contribution in [0.4, 0.5) is 0 Å². The molecule has 0 aliphatic rings. The van der Waals surface area contributed by atoms with Gasteiger partial charge in [0.25, 0.3) is 10.0 Å². The molecule has 0 bridgehead atoms. The SMILES string of the molecule is CNS(=O)(=O)c1cn(C)nn1. The van der Waals surface area contributed by atoms with Crippen LogP contribution >= 0.6 is 0 Å². The number of hydrogen-bond donors (Lipinski definition) is 1. The molecule has 1 rings (SSSR count). The Labute approximate surface area is 64.3 Å². The third-order valence-corrected chi connectivity index (χ3v) is 2.40. The Morgan fingerprint density at radius 1 is 1.64 bits per heavy atom. The molecule has 11 heavy (non-hydrogen) atoms. The first-order valence-electron chi connectivity index (χ1n) is 2.86. The minimum Gasteiger partial charge on any atom is -0.254 e. The van der Waals surface area contributed by atoms with Crippen LogP contribution in [0.3, 0.4) is 0 Å². The number of aryl methyl sites for hydroxylation is 1. The normalized spacial score (nSPS) is 11.8. The summed E-state index contributed by atoms with van der Waals surface area (Å²) in [6.07, 6.45) is 1.33. The Kier molecular flexibility index (Phi) is 1.92. The van der Waals surface area contributed by atoms with E-state index >= 15 is 0 Å². The highest BCUT2D eigenvalue weighted by Gasteiger charge is 2.14. The molecule has 0 amide bonds. The molecule has 62 valence electrons. The molecule has 1 aromatic heterocycles. The van der Waals surface area contributed by atoms with E-state index in [-0.39, 0.29) is 5.03 Å². The quantitative estimate of drug-likeness (QED) is 0.609. The molecule has 1 N–H and O–H groups in total. The molecule has 0 spiro atoms. The molecule has 0 aliphatic heterocycles. The first kappa shape index (κ1) is 8.15. The third-order valence-electron chi connectivity index (χ3n) is 1.13. The molecule has 1 aromatic rings. The van der Waals surface area contributed by atoms with Crippen LogP contribution < -0.4 is 4.72 Å². The average Bonchev–Trinajstić information content (AvgIpc) is 2.36. The summed E-state index contributed by atoms with van der Waals surface area (Å²) in [4.78, 5) is 0. The Balaban J connectivity index is 3.13. The number of nitrogens with zero attached hydrogens (tertiary/aromatic N) is 3. The van der Waals surface area contributed by atoms with Crippen LogP contribution in [0, 0.1) is 0 Å². The fourth-order valence-corrected chi connectivity index (χ4v) is 1.20. The fraction of sp³-hybridized carbons (Fsp3) is 0.500. The molecule has 0 fully saturated rings. The average molecular weight is 176 g/mol. The second-order valence-corrected chi connectivity index (χ2v) is 3.77. The Hall–Kier alpha value is -0.950. The van der Waals surface area contributed by atoms with Gasteiger partial charge in [0.1, 0.15) is 0 Å². The molecule has 0 aliphatic carbocycles. The van der Waals surface area contributed by atoms with Gasteiger partial charge in [-0.2, -0.15) is 0 Å². The third kappa shape index (κ3) is 1.55. The van der Waals surface area contributed by atoms with E-state index in [2.05, 4.69) is 15.0 Å². The Bertz CT molecular complexity index is 341.